The molecule has 0 unspecified atom stereocenters. The maximum atomic E-state index is 12.1. The second-order valence-electron chi connectivity index (χ2n) is 5.16. The van der Waals surface area contributed by atoms with Gasteiger partial charge in [0.1, 0.15) is 0 Å². The van der Waals surface area contributed by atoms with E-state index in [1.165, 1.54) is 30.3 Å². The van der Waals surface area contributed by atoms with Gasteiger partial charge in [0.05, 0.1) is 16.5 Å². The summed E-state index contributed by atoms with van der Waals surface area (Å²) < 4.78 is 26.3. The van der Waals surface area contributed by atoms with Crippen molar-refractivity contribution in [2.24, 2.45) is 0 Å². The topological polar surface area (TPSA) is 99.1 Å². The van der Waals surface area contributed by atoms with E-state index in [0.717, 1.165) is 5.56 Å². The Bertz CT molecular complexity index is 896. The molecule has 2 N–H and O–H groups in total. The summed E-state index contributed by atoms with van der Waals surface area (Å²) >= 11 is 0. The van der Waals surface area contributed by atoms with Crippen LogP contribution in [0.1, 0.15) is 21.5 Å². The molecule has 2 rings (SSSR count). The summed E-state index contributed by atoms with van der Waals surface area (Å²) in [5.41, 5.74) is 1.77. The van der Waals surface area contributed by atoms with E-state index in [-0.39, 0.29) is 17.3 Å². The molecule has 0 aliphatic heterocycles. The normalized spacial score (nSPS) is 10.7. The first-order valence-corrected chi connectivity index (χ1v) is 8.92. The van der Waals surface area contributed by atoms with Crippen LogP contribution in [0.4, 0.5) is 0 Å². The van der Waals surface area contributed by atoms with Crippen LogP contribution in [0.3, 0.4) is 0 Å². The molecular weight excluding hydrogens is 338 g/mol. The number of carbonyl (C=O) groups excluding carboxylic acids is 1. The Kier molecular flexibility index (Phi) is 6.06. The van der Waals surface area contributed by atoms with E-state index in [9.17, 15) is 13.2 Å². The summed E-state index contributed by atoms with van der Waals surface area (Å²) in [6, 6.07) is 14.6. The van der Waals surface area contributed by atoms with Crippen molar-refractivity contribution >= 4 is 15.9 Å². The van der Waals surface area contributed by atoms with Crippen molar-refractivity contribution in [2.45, 2.75) is 11.4 Å². The highest BCUT2D eigenvalue weighted by Gasteiger charge is 2.13. The fourth-order valence-electron chi connectivity index (χ4n) is 2.02. The number of benzene rings is 2. The highest BCUT2D eigenvalue weighted by Crippen LogP contribution is 2.11. The minimum Gasteiger partial charge on any atom is -0.348 e. The van der Waals surface area contributed by atoms with Gasteiger partial charge in [0.25, 0.3) is 5.91 Å². The molecule has 2 aromatic rings. The molecule has 0 aliphatic carbocycles. The zero-order valence-electron chi connectivity index (χ0n) is 13.4. The lowest BCUT2D eigenvalue weighted by Gasteiger charge is -2.07. The number of carbonyl (C=O) groups is 1. The highest BCUT2D eigenvalue weighted by atomic mass is 32.2. The van der Waals surface area contributed by atoms with Gasteiger partial charge < -0.3 is 5.32 Å². The van der Waals surface area contributed by atoms with Crippen molar-refractivity contribution < 1.29 is 13.2 Å². The highest BCUT2D eigenvalue weighted by molar-refractivity contribution is 7.89. The third-order valence-electron chi connectivity index (χ3n) is 3.38. The molecule has 0 fully saturated rings. The van der Waals surface area contributed by atoms with Crippen molar-refractivity contribution in [3.8, 4) is 6.07 Å². The van der Waals surface area contributed by atoms with Crippen molar-refractivity contribution in [1.29, 1.82) is 5.26 Å². The Morgan fingerprint density at radius 2 is 1.76 bits per heavy atom. The number of rotatable bonds is 7. The number of hydrogen-bond acceptors (Lipinski definition) is 4. The second-order valence-corrected chi connectivity index (χ2v) is 6.92. The lowest BCUT2D eigenvalue weighted by atomic mass is 10.1. The molecule has 0 saturated carbocycles. The van der Waals surface area contributed by atoms with Crippen LogP contribution in [-0.4, -0.2) is 20.9 Å². The lowest BCUT2D eigenvalue weighted by molar-refractivity contribution is 0.0951. The Labute approximate surface area is 146 Å². The average Bonchev–Trinajstić information content (AvgIpc) is 2.65. The number of nitriles is 1. The van der Waals surface area contributed by atoms with Crippen LogP contribution in [0.25, 0.3) is 0 Å². The molecule has 0 heterocycles. The van der Waals surface area contributed by atoms with Crippen LogP contribution in [0, 0.1) is 11.3 Å². The first-order chi connectivity index (χ1) is 12.0. The van der Waals surface area contributed by atoms with E-state index in [1.807, 2.05) is 6.07 Å². The quantitative estimate of drug-likeness (QED) is 0.742. The van der Waals surface area contributed by atoms with Gasteiger partial charge >= 0.3 is 0 Å². The predicted octanol–water partition coefficient (Wildman–Crippen LogP) is 1.95. The van der Waals surface area contributed by atoms with Gasteiger partial charge in [0.15, 0.2) is 0 Å². The number of nitrogens with one attached hydrogen (secondary N) is 2. The predicted molar refractivity (Wildman–Crippen MR) is 94.2 cm³/mol. The van der Waals surface area contributed by atoms with Crippen molar-refractivity contribution in [3.63, 3.8) is 0 Å². The molecule has 7 heteroatoms. The first kappa shape index (κ1) is 18.4. The van der Waals surface area contributed by atoms with Gasteiger partial charge in [-0.15, -0.1) is 6.58 Å². The van der Waals surface area contributed by atoms with E-state index in [4.69, 9.17) is 5.26 Å². The molecule has 6 nitrogen and oxygen atoms in total. The minimum absolute atomic E-state index is 0.0815. The summed E-state index contributed by atoms with van der Waals surface area (Å²) in [4.78, 5) is 12.2. The number of sulfonamides is 1. The van der Waals surface area contributed by atoms with Crippen molar-refractivity contribution in [3.05, 3.63) is 77.9 Å². The van der Waals surface area contributed by atoms with Crippen LogP contribution >= 0.6 is 0 Å². The maximum Gasteiger partial charge on any atom is 0.251 e. The van der Waals surface area contributed by atoms with Crippen LogP contribution in [0.5, 0.6) is 0 Å². The Morgan fingerprint density at radius 3 is 2.32 bits per heavy atom. The monoisotopic (exact) mass is 355 g/mol. The number of nitrogens with zero attached hydrogens (tertiary/aromatic N) is 1. The molecule has 0 saturated heterocycles. The average molecular weight is 355 g/mol. The molecule has 0 radical (unpaired) electrons. The van der Waals surface area contributed by atoms with Crippen LogP contribution in [0.15, 0.2) is 66.1 Å². The molecule has 0 aliphatic rings. The Hall–Kier alpha value is -2.95. The van der Waals surface area contributed by atoms with Gasteiger partial charge in [-0.05, 0) is 42.0 Å². The second kappa shape index (κ2) is 8.24. The van der Waals surface area contributed by atoms with E-state index >= 15 is 0 Å². The van der Waals surface area contributed by atoms with Gasteiger partial charge in [0.2, 0.25) is 10.0 Å². The molecule has 0 atom stereocenters. The standard InChI is InChI=1S/C18H17N3O3S/c1-2-11-21-25(23,24)17-9-7-16(8-10-17)18(22)20-13-15-5-3-14(12-19)4-6-15/h2-10,21H,1,11,13H2,(H,20,22). The maximum absolute atomic E-state index is 12.1. The van der Waals surface area contributed by atoms with Crippen LogP contribution < -0.4 is 10.0 Å². The molecule has 25 heavy (non-hydrogen) atoms. The molecule has 2 aromatic carbocycles. The third-order valence-corrected chi connectivity index (χ3v) is 4.82. The van der Waals surface area contributed by atoms with Crippen LogP contribution in [0.2, 0.25) is 0 Å². The summed E-state index contributed by atoms with van der Waals surface area (Å²) in [6.07, 6.45) is 1.45. The van der Waals surface area contributed by atoms with Gasteiger partial charge in [-0.3, -0.25) is 4.79 Å². The largest absolute Gasteiger partial charge is 0.348 e. The SMILES string of the molecule is C=CCNS(=O)(=O)c1ccc(C(=O)NCc2ccc(C#N)cc2)cc1. The van der Waals surface area contributed by atoms with Gasteiger partial charge in [-0.2, -0.15) is 5.26 Å². The van der Waals surface area contributed by atoms with Crippen molar-refractivity contribution in [2.75, 3.05) is 6.54 Å². The van der Waals surface area contributed by atoms with E-state index in [2.05, 4.69) is 16.6 Å². The molecule has 1 amide bonds. The van der Waals surface area contributed by atoms with Gasteiger partial charge in [0, 0.05) is 18.7 Å². The number of hydrogen-bond donors (Lipinski definition) is 2. The molecule has 0 bridgehead atoms. The van der Waals surface area contributed by atoms with Gasteiger partial charge in [-0.25, -0.2) is 13.1 Å². The molecule has 128 valence electrons. The lowest BCUT2D eigenvalue weighted by Crippen LogP contribution is -2.24. The fraction of sp³-hybridized carbons (Fsp3) is 0.111. The first-order valence-electron chi connectivity index (χ1n) is 7.44. The molecule has 0 spiro atoms. The van der Waals surface area contributed by atoms with E-state index in [0.29, 0.717) is 17.7 Å². The Balaban J connectivity index is 2.00. The molecular formula is C18H17N3O3S. The Morgan fingerprint density at radius 1 is 1.12 bits per heavy atom. The smallest absolute Gasteiger partial charge is 0.251 e. The van der Waals surface area contributed by atoms with E-state index in [1.54, 1.807) is 24.3 Å². The zero-order chi connectivity index (χ0) is 18.3. The van der Waals surface area contributed by atoms with E-state index < -0.39 is 10.0 Å². The third kappa shape index (κ3) is 5.01. The zero-order valence-corrected chi connectivity index (χ0v) is 14.2. The van der Waals surface area contributed by atoms with Gasteiger partial charge in [-0.1, -0.05) is 18.2 Å². The minimum atomic E-state index is -3.61. The fourth-order valence-corrected chi connectivity index (χ4v) is 3.02. The van der Waals surface area contributed by atoms with Crippen LogP contribution in [-0.2, 0) is 16.6 Å². The summed E-state index contributed by atoms with van der Waals surface area (Å²) in [5.74, 6) is -0.313. The number of amides is 1. The molecule has 0 aromatic heterocycles. The summed E-state index contributed by atoms with van der Waals surface area (Å²) in [6.45, 7) is 3.90. The summed E-state index contributed by atoms with van der Waals surface area (Å²) in [7, 11) is -3.61. The van der Waals surface area contributed by atoms with Crippen molar-refractivity contribution in [1.82, 2.24) is 10.0 Å². The summed E-state index contributed by atoms with van der Waals surface area (Å²) in [5, 5.41) is 11.5.